The van der Waals surface area contributed by atoms with E-state index in [1.54, 1.807) is 12.1 Å². The minimum Gasteiger partial charge on any atom is -0.396 e. The van der Waals surface area contributed by atoms with Gasteiger partial charge in [0.25, 0.3) is 0 Å². The van der Waals surface area contributed by atoms with Gasteiger partial charge in [0.05, 0.1) is 6.21 Å². The first-order chi connectivity index (χ1) is 12.5. The average molecular weight is 355 g/mol. The fraction of sp³-hybridized carbons (Fsp3) is 0.286. The quantitative estimate of drug-likeness (QED) is 0.375. The Bertz CT molecular complexity index is 782. The maximum atomic E-state index is 14.5. The van der Waals surface area contributed by atoms with Crippen LogP contribution in [0, 0.1) is 12.7 Å². The molecule has 0 bridgehead atoms. The van der Waals surface area contributed by atoms with Gasteiger partial charge in [0.1, 0.15) is 5.82 Å². The van der Waals surface area contributed by atoms with E-state index in [9.17, 15) is 9.50 Å². The van der Waals surface area contributed by atoms with E-state index < -0.39 is 0 Å². The molecule has 26 heavy (non-hydrogen) atoms. The van der Waals surface area contributed by atoms with Gasteiger partial charge in [0, 0.05) is 35.0 Å². The van der Waals surface area contributed by atoms with Gasteiger partial charge < -0.3 is 16.3 Å². The molecule has 138 valence electrons. The Hall–Kier alpha value is -2.66. The second kappa shape index (κ2) is 9.15. The molecule has 4 N–H and O–H groups in total. The van der Waals surface area contributed by atoms with Crippen molar-refractivity contribution >= 4 is 18.0 Å². The second-order valence-corrected chi connectivity index (χ2v) is 6.20. The molecule has 4 nitrogen and oxygen atoms in total. The zero-order valence-corrected chi connectivity index (χ0v) is 15.3. The molecule has 2 rings (SSSR count). The Morgan fingerprint density at radius 3 is 2.73 bits per heavy atom. The van der Waals surface area contributed by atoms with Crippen LogP contribution in [0.4, 0.5) is 10.1 Å². The molecule has 0 aliphatic carbocycles. The lowest BCUT2D eigenvalue weighted by molar-refractivity contribution is 0.278. The molecule has 0 aromatic heterocycles. The van der Waals surface area contributed by atoms with Crippen LogP contribution in [0.25, 0.3) is 17.2 Å². The van der Waals surface area contributed by atoms with Crippen LogP contribution in [-0.2, 0) is 0 Å². The summed E-state index contributed by atoms with van der Waals surface area (Å²) in [6.45, 7) is 7.91. The second-order valence-electron chi connectivity index (χ2n) is 6.20. The van der Waals surface area contributed by atoms with Gasteiger partial charge in [-0.1, -0.05) is 31.7 Å². The lowest BCUT2D eigenvalue weighted by Gasteiger charge is -2.21. The predicted molar refractivity (Wildman–Crippen MR) is 108 cm³/mol. The number of aryl methyl sites for hydroxylation is 1. The van der Waals surface area contributed by atoms with Crippen molar-refractivity contribution in [3.63, 3.8) is 0 Å². The number of nitrogens with one attached hydrogen (secondary N) is 1. The summed E-state index contributed by atoms with van der Waals surface area (Å²) < 4.78 is 14.5. The molecule has 2 aromatic rings. The van der Waals surface area contributed by atoms with E-state index in [2.05, 4.69) is 17.0 Å². The van der Waals surface area contributed by atoms with Crippen molar-refractivity contribution in [1.82, 2.24) is 0 Å². The van der Waals surface area contributed by atoms with Crippen LogP contribution in [-0.4, -0.2) is 24.0 Å². The van der Waals surface area contributed by atoms with Gasteiger partial charge in [-0.05, 0) is 49.1 Å². The van der Waals surface area contributed by atoms with E-state index >= 15 is 0 Å². The van der Waals surface area contributed by atoms with Crippen LogP contribution in [0.3, 0.4) is 0 Å². The van der Waals surface area contributed by atoms with Crippen molar-refractivity contribution in [2.24, 2.45) is 10.9 Å². The molecule has 0 aliphatic rings. The van der Waals surface area contributed by atoms with Crippen molar-refractivity contribution in [2.45, 2.75) is 32.7 Å². The maximum Gasteiger partial charge on any atom is 0.131 e. The molecule has 0 radical (unpaired) electrons. The highest BCUT2D eigenvalue weighted by atomic mass is 19.1. The van der Waals surface area contributed by atoms with Gasteiger partial charge in [0.15, 0.2) is 0 Å². The number of rotatable bonds is 8. The molecule has 2 aromatic carbocycles. The molecule has 0 saturated carbocycles. The SMILES string of the molecule is C=Cc1c(/C=N\N)cc(-c2c(C)cccc2F)cc1NC(CC)CCO. The van der Waals surface area contributed by atoms with Crippen molar-refractivity contribution < 1.29 is 9.50 Å². The summed E-state index contributed by atoms with van der Waals surface area (Å²) in [6, 6.07) is 8.89. The smallest absolute Gasteiger partial charge is 0.131 e. The largest absolute Gasteiger partial charge is 0.396 e. The molecule has 0 spiro atoms. The number of nitrogens with two attached hydrogens (primary N) is 1. The van der Waals surface area contributed by atoms with Crippen molar-refractivity contribution in [3.8, 4) is 11.1 Å². The highest BCUT2D eigenvalue weighted by Crippen LogP contribution is 2.33. The number of nitrogens with zero attached hydrogens (tertiary/aromatic N) is 1. The number of hydrogen-bond donors (Lipinski definition) is 3. The first-order valence-corrected chi connectivity index (χ1v) is 8.72. The Kier molecular flexibility index (Phi) is 6.92. The van der Waals surface area contributed by atoms with E-state index in [1.807, 2.05) is 32.0 Å². The highest BCUT2D eigenvalue weighted by molar-refractivity contribution is 5.92. The number of hydrogen-bond acceptors (Lipinski definition) is 4. The van der Waals surface area contributed by atoms with Crippen LogP contribution in [0.15, 0.2) is 42.0 Å². The number of anilines is 1. The number of aliphatic hydroxyl groups is 1. The molecule has 0 aliphatic heterocycles. The number of aliphatic hydroxyl groups excluding tert-OH is 1. The molecular weight excluding hydrogens is 329 g/mol. The third-order valence-electron chi connectivity index (χ3n) is 4.47. The first-order valence-electron chi connectivity index (χ1n) is 8.72. The lowest BCUT2D eigenvalue weighted by atomic mass is 9.94. The summed E-state index contributed by atoms with van der Waals surface area (Å²) in [6.07, 6.45) is 4.73. The first kappa shape index (κ1) is 19.7. The van der Waals surface area contributed by atoms with Crippen LogP contribution >= 0.6 is 0 Å². The predicted octanol–water partition coefficient (Wildman–Crippen LogP) is 4.31. The molecule has 0 saturated heterocycles. The molecule has 0 amide bonds. The van der Waals surface area contributed by atoms with E-state index in [-0.39, 0.29) is 18.5 Å². The standard InChI is InChI=1S/C21H26FN3O/c1-4-17(9-10-26)25-20-12-15(11-16(13-24-23)18(20)5-2)21-14(3)7-6-8-19(21)22/h5-8,11-13,17,25-26H,2,4,9-10,23H2,1,3H3/b24-13-. The number of halogens is 1. The van der Waals surface area contributed by atoms with Crippen molar-refractivity contribution in [2.75, 3.05) is 11.9 Å². The fourth-order valence-corrected chi connectivity index (χ4v) is 3.11. The van der Waals surface area contributed by atoms with Gasteiger partial charge in [-0.2, -0.15) is 5.10 Å². The third-order valence-corrected chi connectivity index (χ3v) is 4.47. The number of benzene rings is 2. The van der Waals surface area contributed by atoms with Crippen LogP contribution in [0.1, 0.15) is 36.5 Å². The zero-order chi connectivity index (χ0) is 19.1. The van der Waals surface area contributed by atoms with Gasteiger partial charge in [-0.3, -0.25) is 0 Å². The summed E-state index contributed by atoms with van der Waals surface area (Å²) in [5, 5.41) is 16.3. The molecule has 1 atom stereocenters. The molecular formula is C21H26FN3O. The van der Waals surface area contributed by atoms with Gasteiger partial charge >= 0.3 is 0 Å². The van der Waals surface area contributed by atoms with E-state index in [0.29, 0.717) is 12.0 Å². The minimum absolute atomic E-state index is 0.0954. The van der Waals surface area contributed by atoms with E-state index in [0.717, 1.165) is 34.4 Å². The Balaban J connectivity index is 2.66. The van der Waals surface area contributed by atoms with Crippen molar-refractivity contribution in [1.29, 1.82) is 0 Å². The topological polar surface area (TPSA) is 70.6 Å². The normalized spacial score (nSPS) is 12.3. The van der Waals surface area contributed by atoms with E-state index in [1.165, 1.54) is 12.3 Å². The molecule has 5 heteroatoms. The Labute approximate surface area is 154 Å². The lowest BCUT2D eigenvalue weighted by Crippen LogP contribution is -2.20. The van der Waals surface area contributed by atoms with Gasteiger partial charge in [-0.15, -0.1) is 0 Å². The molecule has 1 unspecified atom stereocenters. The Morgan fingerprint density at radius 2 is 2.15 bits per heavy atom. The minimum atomic E-state index is -0.277. The number of hydrazone groups is 1. The molecule has 0 fully saturated rings. The summed E-state index contributed by atoms with van der Waals surface area (Å²) in [5.74, 6) is 5.09. The van der Waals surface area contributed by atoms with Crippen LogP contribution in [0.2, 0.25) is 0 Å². The average Bonchev–Trinajstić information content (AvgIpc) is 2.61. The van der Waals surface area contributed by atoms with Gasteiger partial charge in [-0.25, -0.2) is 4.39 Å². The monoisotopic (exact) mass is 355 g/mol. The fourth-order valence-electron chi connectivity index (χ4n) is 3.11. The summed E-state index contributed by atoms with van der Waals surface area (Å²) in [5.41, 5.74) is 4.54. The highest BCUT2D eigenvalue weighted by Gasteiger charge is 2.15. The maximum absolute atomic E-state index is 14.5. The Morgan fingerprint density at radius 1 is 1.38 bits per heavy atom. The van der Waals surface area contributed by atoms with Crippen molar-refractivity contribution in [3.05, 3.63) is 59.4 Å². The zero-order valence-electron chi connectivity index (χ0n) is 15.3. The summed E-state index contributed by atoms with van der Waals surface area (Å²) in [4.78, 5) is 0. The van der Waals surface area contributed by atoms with E-state index in [4.69, 9.17) is 5.84 Å². The summed E-state index contributed by atoms with van der Waals surface area (Å²) in [7, 11) is 0. The third kappa shape index (κ3) is 4.29. The van der Waals surface area contributed by atoms with Gasteiger partial charge in [0.2, 0.25) is 0 Å². The van der Waals surface area contributed by atoms with Crippen LogP contribution in [0.5, 0.6) is 0 Å². The van der Waals surface area contributed by atoms with Crippen LogP contribution < -0.4 is 11.2 Å². The molecule has 0 heterocycles. The summed E-state index contributed by atoms with van der Waals surface area (Å²) >= 11 is 0.